The number of thioether (sulfide) groups is 1. The molecule has 0 saturated carbocycles. The van der Waals surface area contributed by atoms with Gasteiger partial charge in [0.2, 0.25) is 5.78 Å². The molecule has 0 aliphatic heterocycles. The van der Waals surface area contributed by atoms with Gasteiger partial charge in [0.05, 0.1) is 16.7 Å². The highest BCUT2D eigenvalue weighted by molar-refractivity contribution is 7.99. The van der Waals surface area contributed by atoms with Crippen molar-refractivity contribution in [2.75, 3.05) is 5.75 Å². The molecule has 0 spiro atoms. The lowest BCUT2D eigenvalue weighted by Crippen LogP contribution is -2.24. The van der Waals surface area contributed by atoms with Crippen molar-refractivity contribution in [1.82, 2.24) is 19.2 Å². The van der Waals surface area contributed by atoms with Crippen molar-refractivity contribution in [2.24, 2.45) is 5.92 Å². The Balaban J connectivity index is 2.24. The molecule has 1 aromatic carbocycles. The van der Waals surface area contributed by atoms with Crippen LogP contribution in [0.5, 0.6) is 0 Å². The van der Waals surface area contributed by atoms with Gasteiger partial charge in [0.15, 0.2) is 5.16 Å². The second kappa shape index (κ2) is 6.76. The highest BCUT2D eigenvalue weighted by Crippen LogP contribution is 2.21. The molecule has 0 aliphatic carbocycles. The number of carbonyl (C=O) groups is 1. The molecule has 24 heavy (non-hydrogen) atoms. The molecule has 0 aliphatic rings. The number of aromatic nitrogens is 4. The highest BCUT2D eigenvalue weighted by Gasteiger charge is 2.17. The third kappa shape index (κ3) is 3.08. The average molecular weight is 344 g/mol. The Morgan fingerprint density at radius 1 is 1.25 bits per heavy atom. The molecule has 6 nitrogen and oxygen atoms in total. The summed E-state index contributed by atoms with van der Waals surface area (Å²) in [7, 11) is 0. The maximum absolute atomic E-state index is 12.9. The zero-order chi connectivity index (χ0) is 17.3. The number of hydrogen-bond acceptors (Lipinski definition) is 5. The monoisotopic (exact) mass is 344 g/mol. The van der Waals surface area contributed by atoms with Crippen molar-refractivity contribution in [3.05, 3.63) is 34.6 Å². The van der Waals surface area contributed by atoms with E-state index in [2.05, 4.69) is 24.0 Å². The molecule has 0 bridgehead atoms. The molecular weight excluding hydrogens is 324 g/mol. The zero-order valence-corrected chi connectivity index (χ0v) is 14.8. The van der Waals surface area contributed by atoms with Crippen LogP contribution in [0.15, 0.2) is 34.2 Å². The van der Waals surface area contributed by atoms with Crippen LogP contribution in [0, 0.1) is 5.92 Å². The summed E-state index contributed by atoms with van der Waals surface area (Å²) in [5.74, 6) is 1.43. The molecule has 7 heteroatoms. The van der Waals surface area contributed by atoms with E-state index in [1.807, 2.05) is 28.7 Å². The minimum absolute atomic E-state index is 0.0470. The number of ketones is 1. The summed E-state index contributed by atoms with van der Waals surface area (Å²) in [6.45, 7) is 6.40. The van der Waals surface area contributed by atoms with Gasteiger partial charge in [0, 0.05) is 6.54 Å². The Bertz CT molecular complexity index is 958. The van der Waals surface area contributed by atoms with Crippen molar-refractivity contribution in [1.29, 1.82) is 0 Å². The SMILES string of the molecule is CC(=O)CSc1nnc2n(CCC(C)C)c(=O)c3ccccc3n12. The summed E-state index contributed by atoms with van der Waals surface area (Å²) in [5.41, 5.74) is 0.726. The van der Waals surface area contributed by atoms with Crippen LogP contribution >= 0.6 is 11.8 Å². The number of hydrogen-bond donors (Lipinski definition) is 0. The maximum atomic E-state index is 12.9. The number of Topliss-reactive ketones (excluding diaryl/α,β-unsaturated/α-hetero) is 1. The fourth-order valence-corrected chi connectivity index (χ4v) is 3.32. The topological polar surface area (TPSA) is 69.3 Å². The van der Waals surface area contributed by atoms with E-state index in [4.69, 9.17) is 0 Å². The standard InChI is InChI=1S/C17H20N4O2S/c1-11(2)8-9-20-15(23)13-6-4-5-7-14(13)21-16(20)18-19-17(21)24-10-12(3)22/h4-7,11H,8-10H2,1-3H3. The Kier molecular flexibility index (Phi) is 4.71. The predicted octanol–water partition coefficient (Wildman–Crippen LogP) is 2.77. The Hall–Kier alpha value is -2.15. The first-order valence-electron chi connectivity index (χ1n) is 7.98. The maximum Gasteiger partial charge on any atom is 0.262 e. The predicted molar refractivity (Wildman–Crippen MR) is 95.6 cm³/mol. The lowest BCUT2D eigenvalue weighted by molar-refractivity contribution is -0.114. The smallest absolute Gasteiger partial charge is 0.262 e. The van der Waals surface area contributed by atoms with Gasteiger partial charge in [-0.3, -0.25) is 18.6 Å². The average Bonchev–Trinajstić information content (AvgIpc) is 2.96. The third-order valence-electron chi connectivity index (χ3n) is 3.81. The minimum Gasteiger partial charge on any atom is -0.299 e. The van der Waals surface area contributed by atoms with Gasteiger partial charge >= 0.3 is 0 Å². The largest absolute Gasteiger partial charge is 0.299 e. The number of nitrogens with zero attached hydrogens (tertiary/aromatic N) is 4. The van der Waals surface area contributed by atoms with Crippen LogP contribution < -0.4 is 5.56 Å². The van der Waals surface area contributed by atoms with E-state index in [0.29, 0.717) is 34.5 Å². The second-order valence-corrected chi connectivity index (χ2v) is 7.21. The van der Waals surface area contributed by atoms with E-state index in [0.717, 1.165) is 11.9 Å². The lowest BCUT2D eigenvalue weighted by Gasteiger charge is -2.12. The summed E-state index contributed by atoms with van der Waals surface area (Å²) in [5, 5.41) is 9.71. The molecule has 0 unspecified atom stereocenters. The number of benzene rings is 1. The van der Waals surface area contributed by atoms with Crippen LogP contribution in [-0.2, 0) is 11.3 Å². The molecule has 0 amide bonds. The van der Waals surface area contributed by atoms with Crippen molar-refractivity contribution in [3.63, 3.8) is 0 Å². The zero-order valence-electron chi connectivity index (χ0n) is 14.0. The number of fused-ring (bicyclic) bond motifs is 3. The number of para-hydroxylation sites is 1. The second-order valence-electron chi connectivity index (χ2n) is 6.27. The van der Waals surface area contributed by atoms with E-state index in [1.165, 1.54) is 11.8 Å². The van der Waals surface area contributed by atoms with E-state index in [-0.39, 0.29) is 11.3 Å². The van der Waals surface area contributed by atoms with Gasteiger partial charge in [-0.2, -0.15) is 0 Å². The Morgan fingerprint density at radius 3 is 2.71 bits per heavy atom. The van der Waals surface area contributed by atoms with Crippen molar-refractivity contribution in [3.8, 4) is 0 Å². The third-order valence-corrected chi connectivity index (χ3v) is 4.89. The van der Waals surface area contributed by atoms with Crippen molar-refractivity contribution < 1.29 is 4.79 Å². The molecule has 0 N–H and O–H groups in total. The lowest BCUT2D eigenvalue weighted by atomic mass is 10.1. The molecular formula is C17H20N4O2S. The molecule has 0 saturated heterocycles. The number of aryl methyl sites for hydroxylation is 1. The van der Waals surface area contributed by atoms with Gasteiger partial charge in [-0.1, -0.05) is 37.7 Å². The van der Waals surface area contributed by atoms with Crippen LogP contribution in [0.3, 0.4) is 0 Å². The van der Waals surface area contributed by atoms with E-state index in [1.54, 1.807) is 11.5 Å². The molecule has 3 rings (SSSR count). The molecule has 2 heterocycles. The van der Waals surface area contributed by atoms with Gasteiger partial charge in [0.25, 0.3) is 5.56 Å². The number of rotatable bonds is 6. The molecule has 0 atom stereocenters. The van der Waals surface area contributed by atoms with Gasteiger partial charge in [-0.05, 0) is 31.4 Å². The van der Waals surface area contributed by atoms with Crippen LogP contribution in [0.2, 0.25) is 0 Å². The fourth-order valence-electron chi connectivity index (χ4n) is 2.58. The molecule has 2 aromatic heterocycles. The van der Waals surface area contributed by atoms with Crippen molar-refractivity contribution in [2.45, 2.75) is 38.9 Å². The van der Waals surface area contributed by atoms with Crippen LogP contribution in [0.1, 0.15) is 27.2 Å². The fraction of sp³-hybridized carbons (Fsp3) is 0.412. The first-order valence-corrected chi connectivity index (χ1v) is 8.96. The molecule has 0 fully saturated rings. The van der Waals surface area contributed by atoms with Gasteiger partial charge in [0.1, 0.15) is 5.78 Å². The van der Waals surface area contributed by atoms with E-state index >= 15 is 0 Å². The van der Waals surface area contributed by atoms with E-state index < -0.39 is 0 Å². The summed E-state index contributed by atoms with van der Waals surface area (Å²) in [6, 6.07) is 7.45. The van der Waals surface area contributed by atoms with Crippen LogP contribution in [-0.4, -0.2) is 30.7 Å². The quantitative estimate of drug-likeness (QED) is 0.643. The van der Waals surface area contributed by atoms with Gasteiger partial charge in [-0.15, -0.1) is 10.2 Å². The number of carbonyl (C=O) groups excluding carboxylic acids is 1. The van der Waals surface area contributed by atoms with Crippen LogP contribution in [0.25, 0.3) is 16.7 Å². The first-order chi connectivity index (χ1) is 11.5. The van der Waals surface area contributed by atoms with Gasteiger partial charge in [-0.25, -0.2) is 0 Å². The van der Waals surface area contributed by atoms with Gasteiger partial charge < -0.3 is 0 Å². The normalized spacial score (nSPS) is 11.7. The van der Waals surface area contributed by atoms with Crippen LogP contribution in [0.4, 0.5) is 0 Å². The summed E-state index contributed by atoms with van der Waals surface area (Å²) < 4.78 is 3.57. The molecule has 3 aromatic rings. The van der Waals surface area contributed by atoms with E-state index in [9.17, 15) is 9.59 Å². The summed E-state index contributed by atoms with van der Waals surface area (Å²) in [6.07, 6.45) is 0.886. The molecule has 0 radical (unpaired) electrons. The Labute approximate surface area is 143 Å². The summed E-state index contributed by atoms with van der Waals surface area (Å²) in [4.78, 5) is 24.2. The first kappa shape index (κ1) is 16.7. The minimum atomic E-state index is -0.0470. The molecule has 126 valence electrons. The Morgan fingerprint density at radius 2 is 2.00 bits per heavy atom. The summed E-state index contributed by atoms with van der Waals surface area (Å²) >= 11 is 1.34. The van der Waals surface area contributed by atoms with Crippen molar-refractivity contribution >= 4 is 34.2 Å². The highest BCUT2D eigenvalue weighted by atomic mass is 32.2.